The summed E-state index contributed by atoms with van der Waals surface area (Å²) < 4.78 is 31.6. The van der Waals surface area contributed by atoms with Gasteiger partial charge in [-0.3, -0.25) is 13.9 Å². The number of carbonyl (C=O) groups excluding carboxylic acids is 2. The van der Waals surface area contributed by atoms with Crippen molar-refractivity contribution in [2.75, 3.05) is 29.0 Å². The van der Waals surface area contributed by atoms with Gasteiger partial charge in [0.2, 0.25) is 10.0 Å². The number of ether oxygens (including phenoxy) is 1. The number of nitrogens with zero attached hydrogens (tertiary/aromatic N) is 1. The van der Waals surface area contributed by atoms with Crippen LogP contribution < -0.4 is 19.7 Å². The zero-order valence-corrected chi connectivity index (χ0v) is 18.6. The third-order valence-electron chi connectivity index (χ3n) is 4.79. The second-order valence-corrected chi connectivity index (χ2v) is 9.74. The van der Waals surface area contributed by atoms with E-state index in [-0.39, 0.29) is 18.9 Å². The van der Waals surface area contributed by atoms with Crippen molar-refractivity contribution in [1.29, 1.82) is 0 Å². The lowest BCUT2D eigenvalue weighted by atomic mass is 10.1. The number of nitrogens with one attached hydrogen (secondary N) is 2. The quantitative estimate of drug-likeness (QED) is 0.711. The number of para-hydroxylation sites is 3. The van der Waals surface area contributed by atoms with E-state index >= 15 is 0 Å². The fraction of sp³-hybridized carbons (Fsp3) is 0.364. The topological polar surface area (TPSA) is 105 Å². The van der Waals surface area contributed by atoms with Crippen molar-refractivity contribution in [3.63, 3.8) is 0 Å². The summed E-state index contributed by atoms with van der Waals surface area (Å²) in [5, 5.41) is 5.61. The molecule has 1 heterocycles. The molecule has 31 heavy (non-hydrogen) atoms. The molecule has 2 N–H and O–H groups in total. The third kappa shape index (κ3) is 5.55. The van der Waals surface area contributed by atoms with Gasteiger partial charge >= 0.3 is 0 Å². The molecule has 0 bridgehead atoms. The number of fused-ring (bicyclic) bond motifs is 1. The molecule has 0 unspecified atom stereocenters. The van der Waals surface area contributed by atoms with Crippen LogP contribution in [0.1, 0.15) is 30.6 Å². The van der Waals surface area contributed by atoms with Gasteiger partial charge in [0.25, 0.3) is 11.8 Å². The minimum atomic E-state index is -3.53. The molecule has 3 rings (SSSR count). The first kappa shape index (κ1) is 22.6. The van der Waals surface area contributed by atoms with Crippen molar-refractivity contribution < 1.29 is 22.7 Å². The van der Waals surface area contributed by atoms with Gasteiger partial charge in [-0.1, -0.05) is 38.1 Å². The van der Waals surface area contributed by atoms with Crippen molar-refractivity contribution in [3.05, 3.63) is 54.1 Å². The SMILES string of the molecule is CC(C)CNC(=O)c1ccccc1NC(=O)[C@H]1CCN(S(C)(=O)=O)c2ccccc2O1. The van der Waals surface area contributed by atoms with Gasteiger partial charge in [0.15, 0.2) is 6.10 Å². The highest BCUT2D eigenvalue weighted by molar-refractivity contribution is 7.92. The van der Waals surface area contributed by atoms with Crippen molar-refractivity contribution in [3.8, 4) is 5.75 Å². The number of anilines is 2. The minimum absolute atomic E-state index is 0.102. The van der Waals surface area contributed by atoms with Gasteiger partial charge in [-0.15, -0.1) is 0 Å². The molecule has 2 aromatic carbocycles. The van der Waals surface area contributed by atoms with Crippen molar-refractivity contribution in [1.82, 2.24) is 5.32 Å². The first-order chi connectivity index (χ1) is 14.7. The highest BCUT2D eigenvalue weighted by Gasteiger charge is 2.31. The number of sulfonamides is 1. The Morgan fingerprint density at radius 2 is 1.81 bits per heavy atom. The average molecular weight is 446 g/mol. The van der Waals surface area contributed by atoms with E-state index in [2.05, 4.69) is 10.6 Å². The van der Waals surface area contributed by atoms with E-state index in [0.29, 0.717) is 35.2 Å². The Hall–Kier alpha value is -3.07. The summed E-state index contributed by atoms with van der Waals surface area (Å²) >= 11 is 0. The van der Waals surface area contributed by atoms with E-state index in [1.807, 2.05) is 13.8 Å². The van der Waals surface area contributed by atoms with Crippen LogP contribution in [-0.2, 0) is 14.8 Å². The molecule has 1 aliphatic rings. The summed E-state index contributed by atoms with van der Waals surface area (Å²) in [5.41, 5.74) is 1.12. The number of hydrogen-bond donors (Lipinski definition) is 2. The summed E-state index contributed by atoms with van der Waals surface area (Å²) in [6, 6.07) is 13.4. The molecule has 166 valence electrons. The normalized spacial score (nSPS) is 16.1. The third-order valence-corrected chi connectivity index (χ3v) is 5.97. The number of carbonyl (C=O) groups is 2. The van der Waals surface area contributed by atoms with Crippen LogP contribution in [-0.4, -0.2) is 45.7 Å². The molecule has 2 amide bonds. The number of amides is 2. The van der Waals surface area contributed by atoms with E-state index < -0.39 is 22.0 Å². The molecule has 0 spiro atoms. The molecule has 0 saturated heterocycles. The van der Waals surface area contributed by atoms with Crippen LogP contribution in [0.15, 0.2) is 48.5 Å². The van der Waals surface area contributed by atoms with Gasteiger partial charge in [0.1, 0.15) is 5.75 Å². The van der Waals surface area contributed by atoms with Crippen molar-refractivity contribution >= 4 is 33.2 Å². The van der Waals surface area contributed by atoms with Gasteiger partial charge < -0.3 is 15.4 Å². The number of rotatable bonds is 6. The molecular weight excluding hydrogens is 418 g/mol. The summed E-state index contributed by atoms with van der Waals surface area (Å²) in [5.74, 6) is -0.120. The highest BCUT2D eigenvalue weighted by Crippen LogP contribution is 2.34. The first-order valence-electron chi connectivity index (χ1n) is 10.1. The zero-order valence-electron chi connectivity index (χ0n) is 17.8. The molecule has 9 heteroatoms. The van der Waals surface area contributed by atoms with E-state index in [4.69, 9.17) is 4.74 Å². The molecule has 0 aromatic heterocycles. The predicted octanol–water partition coefficient (Wildman–Crippen LogP) is 2.63. The average Bonchev–Trinajstić information content (AvgIpc) is 2.92. The first-order valence-corrected chi connectivity index (χ1v) is 11.9. The number of benzene rings is 2. The Bertz CT molecular complexity index is 1070. The standard InChI is InChI=1S/C22H27N3O5S/c1-15(2)14-23-21(26)16-8-4-5-9-17(16)24-22(27)20-12-13-25(31(3,28)29)18-10-6-7-11-19(18)30-20/h4-11,15,20H,12-14H2,1-3H3,(H,23,26)(H,24,27)/t20-/m1/s1. The maximum Gasteiger partial charge on any atom is 0.265 e. The lowest BCUT2D eigenvalue weighted by Crippen LogP contribution is -2.36. The van der Waals surface area contributed by atoms with Gasteiger partial charge in [-0.25, -0.2) is 8.42 Å². The van der Waals surface area contributed by atoms with Crippen LogP contribution in [0.2, 0.25) is 0 Å². The van der Waals surface area contributed by atoms with Crippen LogP contribution in [0.5, 0.6) is 5.75 Å². The van der Waals surface area contributed by atoms with Crippen LogP contribution in [0.3, 0.4) is 0 Å². The molecule has 1 aliphatic heterocycles. The summed E-state index contributed by atoms with van der Waals surface area (Å²) in [6.45, 7) is 4.61. The zero-order chi connectivity index (χ0) is 22.6. The fourth-order valence-corrected chi connectivity index (χ4v) is 4.20. The molecule has 2 aromatic rings. The highest BCUT2D eigenvalue weighted by atomic mass is 32.2. The molecule has 0 aliphatic carbocycles. The Balaban J connectivity index is 1.80. The van der Waals surface area contributed by atoms with Crippen LogP contribution in [0.4, 0.5) is 11.4 Å². The van der Waals surface area contributed by atoms with Gasteiger partial charge in [-0.05, 0) is 30.2 Å². The fourth-order valence-electron chi connectivity index (χ4n) is 3.25. The van der Waals surface area contributed by atoms with E-state index in [9.17, 15) is 18.0 Å². The van der Waals surface area contributed by atoms with E-state index in [0.717, 1.165) is 6.26 Å². The minimum Gasteiger partial charge on any atom is -0.478 e. The monoisotopic (exact) mass is 445 g/mol. The maximum atomic E-state index is 13.0. The lowest BCUT2D eigenvalue weighted by molar-refractivity contribution is -0.122. The smallest absolute Gasteiger partial charge is 0.265 e. The van der Waals surface area contributed by atoms with Crippen molar-refractivity contribution in [2.24, 2.45) is 5.92 Å². The van der Waals surface area contributed by atoms with Crippen LogP contribution >= 0.6 is 0 Å². The van der Waals surface area contributed by atoms with E-state index in [1.54, 1.807) is 48.5 Å². The second-order valence-electron chi connectivity index (χ2n) is 7.84. The molecule has 0 fully saturated rings. The molecule has 8 nitrogen and oxygen atoms in total. The molecule has 0 saturated carbocycles. The van der Waals surface area contributed by atoms with Gasteiger partial charge in [0, 0.05) is 19.5 Å². The molecular formula is C22H27N3O5S. The Kier molecular flexibility index (Phi) is 6.84. The van der Waals surface area contributed by atoms with Crippen LogP contribution in [0.25, 0.3) is 0 Å². The Morgan fingerprint density at radius 3 is 2.52 bits per heavy atom. The van der Waals surface area contributed by atoms with Gasteiger partial charge in [0.05, 0.1) is 23.2 Å². The lowest BCUT2D eigenvalue weighted by Gasteiger charge is -2.20. The Morgan fingerprint density at radius 1 is 1.13 bits per heavy atom. The van der Waals surface area contributed by atoms with Crippen molar-refractivity contribution in [2.45, 2.75) is 26.4 Å². The Labute approximate surface area is 182 Å². The summed E-state index contributed by atoms with van der Waals surface area (Å²) in [7, 11) is -3.53. The number of hydrogen-bond acceptors (Lipinski definition) is 5. The summed E-state index contributed by atoms with van der Waals surface area (Å²) in [4.78, 5) is 25.5. The predicted molar refractivity (Wildman–Crippen MR) is 120 cm³/mol. The molecule has 0 radical (unpaired) electrons. The second kappa shape index (κ2) is 9.38. The molecule has 1 atom stereocenters. The largest absolute Gasteiger partial charge is 0.478 e. The summed E-state index contributed by atoms with van der Waals surface area (Å²) in [6.07, 6.45) is 0.366. The van der Waals surface area contributed by atoms with Gasteiger partial charge in [-0.2, -0.15) is 0 Å². The van der Waals surface area contributed by atoms with E-state index in [1.165, 1.54) is 4.31 Å². The maximum absolute atomic E-state index is 13.0. The van der Waals surface area contributed by atoms with Crippen LogP contribution in [0, 0.1) is 5.92 Å².